The Balaban J connectivity index is 2.43. The molecule has 0 unspecified atom stereocenters. The van der Waals surface area contributed by atoms with E-state index in [2.05, 4.69) is 19.8 Å². The summed E-state index contributed by atoms with van der Waals surface area (Å²) >= 11 is 0. The highest BCUT2D eigenvalue weighted by Gasteiger charge is 2.25. The van der Waals surface area contributed by atoms with Crippen molar-refractivity contribution in [3.05, 3.63) is 24.2 Å². The molecule has 2 heterocycles. The summed E-state index contributed by atoms with van der Waals surface area (Å²) in [5.41, 5.74) is 6.03. The van der Waals surface area contributed by atoms with E-state index in [1.54, 1.807) is 20.0 Å². The van der Waals surface area contributed by atoms with Gasteiger partial charge < -0.3 is 5.73 Å². The number of hydrogen-bond acceptors (Lipinski definition) is 6. The molecule has 0 aromatic carbocycles. The van der Waals surface area contributed by atoms with Crippen LogP contribution in [0, 0.1) is 6.92 Å². The first-order valence-corrected chi connectivity index (χ1v) is 6.49. The summed E-state index contributed by atoms with van der Waals surface area (Å²) in [4.78, 5) is 7.51. The van der Waals surface area contributed by atoms with Gasteiger partial charge in [0.15, 0.2) is 10.7 Å². The van der Waals surface area contributed by atoms with Crippen molar-refractivity contribution in [3.8, 4) is 0 Å². The second-order valence-electron chi connectivity index (χ2n) is 3.60. The summed E-state index contributed by atoms with van der Waals surface area (Å²) < 4.78 is 27.9. The molecule has 0 atom stereocenters. The maximum Gasteiger partial charge on any atom is 0.269 e. The molecule has 9 heteroatoms. The van der Waals surface area contributed by atoms with E-state index in [1.807, 2.05) is 0 Å². The van der Waals surface area contributed by atoms with Crippen LogP contribution >= 0.6 is 0 Å². The van der Waals surface area contributed by atoms with Gasteiger partial charge >= 0.3 is 0 Å². The summed E-state index contributed by atoms with van der Waals surface area (Å²) in [6.07, 6.45) is 2.87. The minimum Gasteiger partial charge on any atom is -0.381 e. The lowest BCUT2D eigenvalue weighted by atomic mass is 10.5. The number of aryl methyl sites for hydroxylation is 1. The second kappa shape index (κ2) is 4.26. The lowest BCUT2D eigenvalue weighted by Gasteiger charge is -2.05. The normalized spacial score (nSPS) is 11.4. The Morgan fingerprint density at radius 1 is 1.33 bits per heavy atom. The number of aromatic nitrogens is 4. The predicted molar refractivity (Wildman–Crippen MR) is 65.2 cm³/mol. The minimum atomic E-state index is -3.84. The Morgan fingerprint density at radius 3 is 2.44 bits per heavy atom. The molecule has 2 rings (SSSR count). The molecule has 96 valence electrons. The van der Waals surface area contributed by atoms with E-state index >= 15 is 0 Å². The molecule has 8 nitrogen and oxygen atoms in total. The van der Waals surface area contributed by atoms with E-state index in [4.69, 9.17) is 5.73 Å². The number of hydrogen-bond donors (Lipinski definition) is 2. The van der Waals surface area contributed by atoms with Crippen LogP contribution in [0.4, 0.5) is 11.8 Å². The van der Waals surface area contributed by atoms with Gasteiger partial charge in [0.25, 0.3) is 10.0 Å². The quantitative estimate of drug-likeness (QED) is 0.803. The molecule has 0 bridgehead atoms. The van der Waals surface area contributed by atoms with Crippen LogP contribution in [-0.2, 0) is 17.1 Å². The van der Waals surface area contributed by atoms with Gasteiger partial charge in [-0.15, -0.1) is 0 Å². The summed E-state index contributed by atoms with van der Waals surface area (Å²) in [6.45, 7) is 1.61. The molecule has 2 aromatic rings. The molecule has 0 saturated carbocycles. The van der Waals surface area contributed by atoms with Crippen molar-refractivity contribution in [1.29, 1.82) is 0 Å². The van der Waals surface area contributed by atoms with Gasteiger partial charge in [0.05, 0.1) is 5.69 Å². The number of sulfonamides is 1. The van der Waals surface area contributed by atoms with Gasteiger partial charge in [-0.2, -0.15) is 5.10 Å². The third-order valence-corrected chi connectivity index (χ3v) is 3.86. The summed E-state index contributed by atoms with van der Waals surface area (Å²) in [6, 6.07) is 1.58. The third-order valence-electron chi connectivity index (χ3n) is 2.36. The molecule has 3 N–H and O–H groups in total. The fraction of sp³-hybridized carbons (Fsp3) is 0.222. The molecule has 0 aliphatic rings. The smallest absolute Gasteiger partial charge is 0.269 e. The van der Waals surface area contributed by atoms with Crippen molar-refractivity contribution in [3.63, 3.8) is 0 Å². The van der Waals surface area contributed by atoms with Gasteiger partial charge in [0.2, 0.25) is 5.95 Å². The Labute approximate surface area is 104 Å². The first kappa shape index (κ1) is 12.3. The number of nitrogens with zero attached hydrogens (tertiary/aromatic N) is 4. The molecule has 18 heavy (non-hydrogen) atoms. The standard InChI is InChI=1S/C9H12N6O2S/c1-6-7(8(10)13-15(6)2)18(16,17)14-9-11-4-3-5-12-9/h3-5H,1-2H3,(H2,10,13)(H,11,12,14). The van der Waals surface area contributed by atoms with Crippen LogP contribution < -0.4 is 10.5 Å². The van der Waals surface area contributed by atoms with E-state index < -0.39 is 10.0 Å². The van der Waals surface area contributed by atoms with Crippen molar-refractivity contribution < 1.29 is 8.42 Å². The first-order valence-electron chi connectivity index (χ1n) is 5.00. The van der Waals surface area contributed by atoms with E-state index in [0.717, 1.165) is 0 Å². The fourth-order valence-electron chi connectivity index (χ4n) is 1.47. The summed E-state index contributed by atoms with van der Waals surface area (Å²) in [5.74, 6) is -0.0708. The Hall–Kier alpha value is -2.16. The predicted octanol–water partition coefficient (Wildman–Crippen LogP) is -0.0985. The van der Waals surface area contributed by atoms with E-state index in [9.17, 15) is 8.42 Å². The van der Waals surface area contributed by atoms with Crippen LogP contribution in [0.15, 0.2) is 23.4 Å². The van der Waals surface area contributed by atoms with Crippen molar-refractivity contribution in [2.45, 2.75) is 11.8 Å². The third kappa shape index (κ3) is 2.12. The van der Waals surface area contributed by atoms with Crippen molar-refractivity contribution >= 4 is 21.8 Å². The molecular formula is C9H12N6O2S. The monoisotopic (exact) mass is 268 g/mol. The van der Waals surface area contributed by atoms with E-state index in [-0.39, 0.29) is 16.7 Å². The zero-order chi connectivity index (χ0) is 13.3. The average molecular weight is 268 g/mol. The Bertz CT molecular complexity index is 664. The van der Waals surface area contributed by atoms with Gasteiger partial charge in [-0.3, -0.25) is 4.68 Å². The van der Waals surface area contributed by atoms with Crippen LogP contribution in [0.25, 0.3) is 0 Å². The zero-order valence-corrected chi connectivity index (χ0v) is 10.6. The topological polar surface area (TPSA) is 116 Å². The molecule has 0 fully saturated rings. The largest absolute Gasteiger partial charge is 0.381 e. The molecule has 2 aromatic heterocycles. The lowest BCUT2D eigenvalue weighted by Crippen LogP contribution is -2.16. The van der Waals surface area contributed by atoms with E-state index in [0.29, 0.717) is 5.69 Å². The van der Waals surface area contributed by atoms with Gasteiger partial charge in [-0.1, -0.05) is 0 Å². The lowest BCUT2D eigenvalue weighted by molar-refractivity contribution is 0.600. The van der Waals surface area contributed by atoms with Gasteiger partial charge in [-0.05, 0) is 13.0 Å². The van der Waals surface area contributed by atoms with Crippen molar-refractivity contribution in [2.24, 2.45) is 7.05 Å². The number of nitrogens with one attached hydrogen (secondary N) is 1. The summed E-state index contributed by atoms with van der Waals surface area (Å²) in [7, 11) is -2.22. The van der Waals surface area contributed by atoms with Crippen LogP contribution in [-0.4, -0.2) is 28.2 Å². The highest BCUT2D eigenvalue weighted by molar-refractivity contribution is 7.93. The average Bonchev–Trinajstić information content (AvgIpc) is 2.54. The van der Waals surface area contributed by atoms with Gasteiger partial charge in [-0.25, -0.2) is 23.1 Å². The molecule has 0 spiro atoms. The van der Waals surface area contributed by atoms with Crippen LogP contribution in [0.5, 0.6) is 0 Å². The van der Waals surface area contributed by atoms with Crippen LogP contribution in [0.3, 0.4) is 0 Å². The number of anilines is 2. The highest BCUT2D eigenvalue weighted by Crippen LogP contribution is 2.22. The molecule has 0 amide bonds. The van der Waals surface area contributed by atoms with Crippen molar-refractivity contribution in [1.82, 2.24) is 19.7 Å². The minimum absolute atomic E-state index is 0.0137. The summed E-state index contributed by atoms with van der Waals surface area (Å²) in [5, 5.41) is 3.85. The maximum absolute atomic E-state index is 12.1. The SMILES string of the molecule is Cc1c(S(=O)(=O)Nc2ncccn2)c(N)nn1C. The maximum atomic E-state index is 12.1. The highest BCUT2D eigenvalue weighted by atomic mass is 32.2. The molecular weight excluding hydrogens is 256 g/mol. The second-order valence-corrected chi connectivity index (χ2v) is 5.22. The number of rotatable bonds is 3. The van der Waals surface area contributed by atoms with Crippen LogP contribution in [0.1, 0.15) is 5.69 Å². The molecule has 0 radical (unpaired) electrons. The molecule has 0 saturated heterocycles. The Morgan fingerprint density at radius 2 is 1.94 bits per heavy atom. The van der Waals surface area contributed by atoms with Crippen LogP contribution in [0.2, 0.25) is 0 Å². The molecule has 0 aliphatic heterocycles. The first-order chi connectivity index (χ1) is 8.42. The van der Waals surface area contributed by atoms with Crippen molar-refractivity contribution in [2.75, 3.05) is 10.5 Å². The fourth-order valence-corrected chi connectivity index (χ4v) is 2.75. The van der Waals surface area contributed by atoms with E-state index in [1.165, 1.54) is 17.1 Å². The zero-order valence-electron chi connectivity index (χ0n) is 9.82. The Kier molecular flexibility index (Phi) is 2.91. The molecule has 0 aliphatic carbocycles. The van der Waals surface area contributed by atoms with Gasteiger partial charge in [0, 0.05) is 19.4 Å². The number of nitrogens with two attached hydrogens (primary N) is 1. The number of nitrogen functional groups attached to an aromatic ring is 1. The van der Waals surface area contributed by atoms with Gasteiger partial charge in [0.1, 0.15) is 0 Å².